The van der Waals surface area contributed by atoms with Gasteiger partial charge < -0.3 is 18.6 Å². The van der Waals surface area contributed by atoms with Gasteiger partial charge in [0, 0.05) is 16.8 Å². The Bertz CT molecular complexity index is 1380. The molecule has 7 heteroatoms. The second kappa shape index (κ2) is 8.93. The van der Waals surface area contributed by atoms with Crippen LogP contribution < -0.4 is 15.1 Å². The molecule has 4 rings (SSSR count). The van der Waals surface area contributed by atoms with Crippen LogP contribution in [0.25, 0.3) is 21.7 Å². The van der Waals surface area contributed by atoms with Crippen LogP contribution in [0.2, 0.25) is 0 Å². The predicted molar refractivity (Wildman–Crippen MR) is 119 cm³/mol. The Hall–Kier alpha value is -4.13. The molecule has 7 nitrogen and oxygen atoms in total. The van der Waals surface area contributed by atoms with E-state index in [4.69, 9.17) is 18.6 Å². The smallest absolute Gasteiger partial charge is 0.351 e. The Kier molecular flexibility index (Phi) is 5.89. The van der Waals surface area contributed by atoms with E-state index in [1.165, 1.54) is 19.2 Å². The molecule has 0 N–H and O–H groups in total. The molecule has 0 spiro atoms. The number of hydrogen-bond acceptors (Lipinski definition) is 7. The summed E-state index contributed by atoms with van der Waals surface area (Å²) in [6.07, 6.45) is 0.650. The zero-order valence-electron chi connectivity index (χ0n) is 17.5. The number of rotatable bonds is 6. The van der Waals surface area contributed by atoms with Gasteiger partial charge in [-0.05, 0) is 36.1 Å². The SMILES string of the molecule is CCCOC(=O)c1ccc2ccccc2c1OC(=O)c1cc2ccc(OC)cc2oc1=O. The van der Waals surface area contributed by atoms with Crippen molar-refractivity contribution in [3.8, 4) is 11.5 Å². The summed E-state index contributed by atoms with van der Waals surface area (Å²) in [7, 11) is 1.50. The Labute approximate surface area is 183 Å². The molecule has 0 aliphatic rings. The highest BCUT2D eigenvalue weighted by Crippen LogP contribution is 2.31. The van der Waals surface area contributed by atoms with Crippen LogP contribution in [0.15, 0.2) is 69.9 Å². The van der Waals surface area contributed by atoms with Gasteiger partial charge in [0.15, 0.2) is 5.75 Å². The van der Waals surface area contributed by atoms with E-state index in [1.807, 2.05) is 19.1 Å². The molecule has 0 radical (unpaired) electrons. The molecular formula is C25H20O7. The number of esters is 2. The average Bonchev–Trinajstić information content (AvgIpc) is 2.81. The molecule has 1 heterocycles. The number of benzene rings is 3. The summed E-state index contributed by atoms with van der Waals surface area (Å²) in [5.41, 5.74) is -0.769. The molecule has 0 unspecified atom stereocenters. The van der Waals surface area contributed by atoms with Crippen LogP contribution in [0.5, 0.6) is 11.5 Å². The van der Waals surface area contributed by atoms with E-state index in [0.717, 1.165) is 5.39 Å². The molecule has 0 amide bonds. The van der Waals surface area contributed by atoms with Gasteiger partial charge in [0.1, 0.15) is 22.5 Å². The lowest BCUT2D eigenvalue weighted by atomic mass is 10.1. The lowest BCUT2D eigenvalue weighted by Crippen LogP contribution is -2.20. The van der Waals surface area contributed by atoms with E-state index in [0.29, 0.717) is 22.9 Å². The van der Waals surface area contributed by atoms with Gasteiger partial charge >= 0.3 is 17.6 Å². The van der Waals surface area contributed by atoms with Crippen molar-refractivity contribution in [3.05, 3.63) is 82.2 Å². The molecule has 0 bridgehead atoms. The lowest BCUT2D eigenvalue weighted by Gasteiger charge is -2.13. The molecule has 0 saturated heterocycles. The molecule has 0 saturated carbocycles. The molecule has 0 aliphatic carbocycles. The van der Waals surface area contributed by atoms with Crippen LogP contribution in [-0.4, -0.2) is 25.7 Å². The summed E-state index contributed by atoms with van der Waals surface area (Å²) in [5.74, 6) is -0.999. The van der Waals surface area contributed by atoms with Gasteiger partial charge in [0.2, 0.25) is 0 Å². The fraction of sp³-hybridized carbons (Fsp3) is 0.160. The second-order valence-corrected chi connectivity index (χ2v) is 7.04. The quantitative estimate of drug-likeness (QED) is 0.247. The molecule has 0 aliphatic heterocycles. The fourth-order valence-electron chi connectivity index (χ4n) is 3.29. The van der Waals surface area contributed by atoms with Crippen molar-refractivity contribution >= 4 is 33.7 Å². The van der Waals surface area contributed by atoms with Gasteiger partial charge in [0.25, 0.3) is 0 Å². The minimum atomic E-state index is -0.933. The summed E-state index contributed by atoms with van der Waals surface area (Å²) >= 11 is 0. The van der Waals surface area contributed by atoms with Crippen molar-refractivity contribution in [1.82, 2.24) is 0 Å². The van der Waals surface area contributed by atoms with Crippen LogP contribution in [0.1, 0.15) is 34.1 Å². The van der Waals surface area contributed by atoms with E-state index in [-0.39, 0.29) is 29.1 Å². The maximum atomic E-state index is 13.0. The Balaban J connectivity index is 1.77. The Morgan fingerprint density at radius 3 is 2.47 bits per heavy atom. The van der Waals surface area contributed by atoms with Crippen LogP contribution in [-0.2, 0) is 4.74 Å². The standard InChI is InChI=1S/C25H20O7/c1-3-12-30-23(26)19-11-9-15-6-4-5-7-18(15)22(19)32-25(28)20-13-16-8-10-17(29-2)14-21(16)31-24(20)27/h4-11,13-14H,3,12H2,1-2H3. The van der Waals surface area contributed by atoms with Crippen molar-refractivity contribution < 1.29 is 28.2 Å². The molecular weight excluding hydrogens is 412 g/mol. The first-order valence-electron chi connectivity index (χ1n) is 10.0. The largest absolute Gasteiger partial charge is 0.497 e. The number of methoxy groups -OCH3 is 1. The van der Waals surface area contributed by atoms with E-state index >= 15 is 0 Å². The van der Waals surface area contributed by atoms with Crippen LogP contribution >= 0.6 is 0 Å². The van der Waals surface area contributed by atoms with Crippen molar-refractivity contribution in [2.24, 2.45) is 0 Å². The zero-order valence-corrected chi connectivity index (χ0v) is 17.5. The maximum absolute atomic E-state index is 13.0. The minimum absolute atomic E-state index is 0.0310. The molecule has 0 fully saturated rings. The first-order chi connectivity index (χ1) is 15.5. The monoisotopic (exact) mass is 432 g/mol. The third-order valence-corrected chi connectivity index (χ3v) is 4.89. The van der Waals surface area contributed by atoms with Crippen LogP contribution in [0.4, 0.5) is 0 Å². The van der Waals surface area contributed by atoms with Gasteiger partial charge in [-0.3, -0.25) is 0 Å². The third-order valence-electron chi connectivity index (χ3n) is 4.89. The molecule has 162 valence electrons. The minimum Gasteiger partial charge on any atom is -0.497 e. The van der Waals surface area contributed by atoms with Gasteiger partial charge in [-0.1, -0.05) is 37.3 Å². The number of hydrogen-bond donors (Lipinski definition) is 0. The molecule has 0 atom stereocenters. The van der Waals surface area contributed by atoms with E-state index in [9.17, 15) is 14.4 Å². The summed E-state index contributed by atoms with van der Waals surface area (Å²) in [6, 6.07) is 16.7. The molecule has 32 heavy (non-hydrogen) atoms. The van der Waals surface area contributed by atoms with Crippen LogP contribution in [0, 0.1) is 0 Å². The number of carbonyl (C=O) groups is 2. The second-order valence-electron chi connectivity index (χ2n) is 7.04. The highest BCUT2D eigenvalue weighted by atomic mass is 16.5. The van der Waals surface area contributed by atoms with Crippen molar-refractivity contribution in [2.75, 3.05) is 13.7 Å². The van der Waals surface area contributed by atoms with Gasteiger partial charge in [-0.15, -0.1) is 0 Å². The van der Waals surface area contributed by atoms with Crippen LogP contribution in [0.3, 0.4) is 0 Å². The first kappa shape index (κ1) is 21.1. The molecule has 3 aromatic carbocycles. The zero-order chi connectivity index (χ0) is 22.7. The van der Waals surface area contributed by atoms with Gasteiger partial charge in [-0.2, -0.15) is 0 Å². The highest BCUT2D eigenvalue weighted by Gasteiger charge is 2.23. The van der Waals surface area contributed by atoms with Gasteiger partial charge in [-0.25, -0.2) is 14.4 Å². The fourth-order valence-corrected chi connectivity index (χ4v) is 3.29. The third kappa shape index (κ3) is 4.05. The number of carbonyl (C=O) groups excluding carboxylic acids is 2. The summed E-state index contributed by atoms with van der Waals surface area (Å²) < 4.78 is 21.2. The Morgan fingerprint density at radius 2 is 1.69 bits per heavy atom. The Morgan fingerprint density at radius 1 is 0.906 bits per heavy atom. The summed E-state index contributed by atoms with van der Waals surface area (Å²) in [4.78, 5) is 38.0. The maximum Gasteiger partial charge on any atom is 0.351 e. The van der Waals surface area contributed by atoms with Crippen molar-refractivity contribution in [2.45, 2.75) is 13.3 Å². The number of fused-ring (bicyclic) bond motifs is 2. The highest BCUT2D eigenvalue weighted by molar-refractivity contribution is 6.04. The molecule has 4 aromatic rings. The average molecular weight is 432 g/mol. The number of ether oxygens (including phenoxy) is 3. The normalized spacial score (nSPS) is 10.8. The topological polar surface area (TPSA) is 92.0 Å². The summed E-state index contributed by atoms with van der Waals surface area (Å²) in [5, 5.41) is 1.83. The first-order valence-corrected chi connectivity index (χ1v) is 10.0. The van der Waals surface area contributed by atoms with E-state index in [2.05, 4.69) is 0 Å². The predicted octanol–water partition coefficient (Wildman–Crippen LogP) is 4.74. The summed E-state index contributed by atoms with van der Waals surface area (Å²) in [6.45, 7) is 2.11. The molecule has 1 aromatic heterocycles. The van der Waals surface area contributed by atoms with Crippen molar-refractivity contribution in [3.63, 3.8) is 0 Å². The van der Waals surface area contributed by atoms with E-state index < -0.39 is 17.6 Å². The van der Waals surface area contributed by atoms with Gasteiger partial charge in [0.05, 0.1) is 13.7 Å². The van der Waals surface area contributed by atoms with Crippen molar-refractivity contribution in [1.29, 1.82) is 0 Å². The lowest BCUT2D eigenvalue weighted by molar-refractivity contribution is 0.0500. The van der Waals surface area contributed by atoms with E-state index in [1.54, 1.807) is 36.4 Å².